The molecule has 1 atom stereocenters. The van der Waals surface area contributed by atoms with Gasteiger partial charge in [-0.15, -0.1) is 11.3 Å². The molecule has 2 rings (SSSR count). The Balaban J connectivity index is 2.30. The lowest BCUT2D eigenvalue weighted by atomic mass is 10.3. The van der Waals surface area contributed by atoms with Crippen molar-refractivity contribution in [2.75, 3.05) is 0 Å². The van der Waals surface area contributed by atoms with Gasteiger partial charge in [0.25, 0.3) is 0 Å². The number of thiazole rings is 1. The molecule has 0 aliphatic carbocycles. The van der Waals surface area contributed by atoms with Crippen molar-refractivity contribution in [3.63, 3.8) is 0 Å². The zero-order valence-electron chi connectivity index (χ0n) is 8.64. The number of nitrogens with zero attached hydrogens (tertiary/aromatic N) is 3. The third-order valence-corrected chi connectivity index (χ3v) is 3.23. The maximum absolute atomic E-state index is 12.3. The van der Waals surface area contributed by atoms with Crippen LogP contribution >= 0.6 is 11.3 Å². The Morgan fingerprint density at radius 1 is 1.41 bits per heavy atom. The second-order valence-corrected chi connectivity index (χ2v) is 4.43. The smallest absolute Gasteiger partial charge is 0.379 e. The lowest BCUT2D eigenvalue weighted by Crippen LogP contribution is -2.05. The predicted molar refractivity (Wildman–Crippen MR) is 54.4 cm³/mol. The summed E-state index contributed by atoms with van der Waals surface area (Å²) in [6.07, 6.45) is -1.59. The topological polar surface area (TPSA) is 50.9 Å². The number of imidazole rings is 1. The highest BCUT2D eigenvalue weighted by atomic mass is 32.1. The summed E-state index contributed by atoms with van der Waals surface area (Å²) in [4.78, 5) is 7.24. The van der Waals surface area contributed by atoms with Gasteiger partial charge < -0.3 is 9.67 Å². The first-order chi connectivity index (χ1) is 7.89. The maximum Gasteiger partial charge on any atom is 0.443 e. The van der Waals surface area contributed by atoms with Crippen molar-refractivity contribution in [3.05, 3.63) is 34.3 Å². The van der Waals surface area contributed by atoms with Crippen LogP contribution in [0.15, 0.2) is 18.6 Å². The molecule has 0 aromatic carbocycles. The van der Waals surface area contributed by atoms with Gasteiger partial charge in [0.05, 0.1) is 4.88 Å². The predicted octanol–water partition coefficient (Wildman–Crippen LogP) is 1.98. The highest BCUT2D eigenvalue weighted by molar-refractivity contribution is 7.11. The van der Waals surface area contributed by atoms with Gasteiger partial charge in [-0.3, -0.25) is 0 Å². The number of hydrogen-bond acceptors (Lipinski definition) is 4. The minimum Gasteiger partial charge on any atom is -0.379 e. The van der Waals surface area contributed by atoms with Gasteiger partial charge in [0.1, 0.15) is 11.9 Å². The molecule has 0 spiro atoms. The molecule has 92 valence electrons. The Morgan fingerprint density at radius 3 is 2.59 bits per heavy atom. The van der Waals surface area contributed by atoms with Gasteiger partial charge in [-0.25, -0.2) is 9.97 Å². The number of hydrogen-bond donors (Lipinski definition) is 1. The molecule has 0 saturated carbocycles. The summed E-state index contributed by atoms with van der Waals surface area (Å²) in [6, 6.07) is 0. The quantitative estimate of drug-likeness (QED) is 0.901. The van der Waals surface area contributed by atoms with Crippen LogP contribution in [0.3, 0.4) is 0 Å². The third-order valence-electron chi connectivity index (χ3n) is 2.14. The van der Waals surface area contributed by atoms with E-state index in [-0.39, 0.29) is 10.7 Å². The Morgan fingerprint density at radius 2 is 2.12 bits per heavy atom. The van der Waals surface area contributed by atoms with E-state index in [0.717, 1.165) is 6.20 Å². The Bertz CT molecular complexity index is 520. The monoisotopic (exact) mass is 263 g/mol. The van der Waals surface area contributed by atoms with E-state index in [1.807, 2.05) is 0 Å². The molecule has 2 aromatic rings. The number of aromatic nitrogens is 3. The maximum atomic E-state index is 12.3. The van der Waals surface area contributed by atoms with Crippen molar-refractivity contribution in [2.24, 2.45) is 7.05 Å². The van der Waals surface area contributed by atoms with Crippen LogP contribution in [0.4, 0.5) is 13.2 Å². The van der Waals surface area contributed by atoms with Crippen LogP contribution in [0.5, 0.6) is 0 Å². The van der Waals surface area contributed by atoms with E-state index in [1.54, 1.807) is 13.2 Å². The zero-order valence-corrected chi connectivity index (χ0v) is 9.46. The summed E-state index contributed by atoms with van der Waals surface area (Å²) in [5, 5.41) is 8.89. The summed E-state index contributed by atoms with van der Waals surface area (Å²) in [7, 11) is 1.65. The fraction of sp³-hybridized carbons (Fsp3) is 0.333. The van der Waals surface area contributed by atoms with Gasteiger partial charge in [-0.2, -0.15) is 13.2 Å². The van der Waals surface area contributed by atoms with Gasteiger partial charge in [-0.05, 0) is 0 Å². The van der Waals surface area contributed by atoms with Crippen molar-refractivity contribution in [2.45, 2.75) is 12.3 Å². The number of rotatable bonds is 2. The molecule has 0 amide bonds. The molecular weight excluding hydrogens is 255 g/mol. The fourth-order valence-corrected chi connectivity index (χ4v) is 2.08. The second kappa shape index (κ2) is 4.11. The number of aliphatic hydroxyl groups excluding tert-OH is 1. The number of alkyl halides is 3. The minimum absolute atomic E-state index is 0.117. The lowest BCUT2D eigenvalue weighted by molar-refractivity contribution is -0.137. The molecule has 0 radical (unpaired) electrons. The first-order valence-corrected chi connectivity index (χ1v) is 5.39. The average Bonchev–Trinajstić information content (AvgIpc) is 2.83. The number of halogens is 3. The summed E-state index contributed by atoms with van der Waals surface area (Å²) in [5.74, 6) is 0.280. The van der Waals surface area contributed by atoms with Crippen molar-refractivity contribution in [1.29, 1.82) is 0 Å². The van der Waals surface area contributed by atoms with E-state index in [2.05, 4.69) is 9.97 Å². The van der Waals surface area contributed by atoms with Crippen LogP contribution < -0.4 is 0 Å². The Labute approximate surface area is 98.4 Å². The van der Waals surface area contributed by atoms with E-state index in [1.165, 1.54) is 10.8 Å². The molecule has 0 fully saturated rings. The van der Waals surface area contributed by atoms with Gasteiger partial charge in [-0.1, -0.05) is 0 Å². The highest BCUT2D eigenvalue weighted by Crippen LogP contribution is 2.35. The molecule has 0 bridgehead atoms. The van der Waals surface area contributed by atoms with Crippen molar-refractivity contribution in [3.8, 4) is 0 Å². The van der Waals surface area contributed by atoms with Crippen molar-refractivity contribution < 1.29 is 18.3 Å². The summed E-state index contributed by atoms with van der Waals surface area (Å²) < 4.78 is 38.5. The van der Waals surface area contributed by atoms with Crippen molar-refractivity contribution >= 4 is 11.3 Å². The minimum atomic E-state index is -4.48. The van der Waals surface area contributed by atoms with Gasteiger partial charge >= 0.3 is 6.18 Å². The molecule has 0 saturated heterocycles. The molecule has 17 heavy (non-hydrogen) atoms. The standard InChI is InChI=1S/C9H8F3N3OS/c1-15-3-2-13-7(15)6(16)5-4-14-8(17-5)9(10,11)12/h2-4,6,16H,1H3. The molecule has 2 aromatic heterocycles. The summed E-state index contributed by atoms with van der Waals surface area (Å²) in [6.45, 7) is 0. The van der Waals surface area contributed by atoms with Crippen molar-refractivity contribution in [1.82, 2.24) is 14.5 Å². The lowest BCUT2D eigenvalue weighted by Gasteiger charge is -2.07. The second-order valence-electron chi connectivity index (χ2n) is 3.36. The zero-order chi connectivity index (χ0) is 12.6. The van der Waals surface area contributed by atoms with Crippen LogP contribution in [0, 0.1) is 0 Å². The van der Waals surface area contributed by atoms with E-state index < -0.39 is 17.3 Å². The largest absolute Gasteiger partial charge is 0.443 e. The molecule has 1 N–H and O–H groups in total. The normalized spacial score (nSPS) is 13.9. The molecule has 8 heteroatoms. The number of aliphatic hydroxyl groups is 1. The van der Waals surface area contributed by atoms with E-state index in [4.69, 9.17) is 0 Å². The van der Waals surface area contributed by atoms with Crippen LogP contribution in [0.1, 0.15) is 21.8 Å². The van der Waals surface area contributed by atoms with Gasteiger partial charge in [0.15, 0.2) is 5.01 Å². The first-order valence-electron chi connectivity index (χ1n) is 4.58. The fourth-order valence-electron chi connectivity index (χ4n) is 1.31. The average molecular weight is 263 g/mol. The molecule has 4 nitrogen and oxygen atoms in total. The highest BCUT2D eigenvalue weighted by Gasteiger charge is 2.35. The molecule has 0 aliphatic heterocycles. The van der Waals surface area contributed by atoms with Crippen LogP contribution in [-0.4, -0.2) is 19.6 Å². The van der Waals surface area contributed by atoms with E-state index in [0.29, 0.717) is 11.3 Å². The van der Waals surface area contributed by atoms with Crippen LogP contribution in [0.2, 0.25) is 0 Å². The Hall–Kier alpha value is -1.41. The van der Waals surface area contributed by atoms with Gasteiger partial charge in [0, 0.05) is 25.6 Å². The SMILES string of the molecule is Cn1ccnc1C(O)c1cnc(C(F)(F)F)s1. The Kier molecular flexibility index (Phi) is 2.92. The molecule has 2 heterocycles. The molecule has 0 aliphatic rings. The van der Waals surface area contributed by atoms with E-state index >= 15 is 0 Å². The van der Waals surface area contributed by atoms with Gasteiger partial charge in [0.2, 0.25) is 0 Å². The summed E-state index contributed by atoms with van der Waals surface area (Å²) in [5.41, 5.74) is 0. The summed E-state index contributed by atoms with van der Waals surface area (Å²) >= 11 is 0.415. The van der Waals surface area contributed by atoms with Crippen LogP contribution in [0.25, 0.3) is 0 Å². The number of aryl methyl sites for hydroxylation is 1. The first kappa shape index (κ1) is 12.1. The van der Waals surface area contributed by atoms with Crippen LogP contribution in [-0.2, 0) is 13.2 Å². The van der Waals surface area contributed by atoms with E-state index in [9.17, 15) is 18.3 Å². The third kappa shape index (κ3) is 2.32. The molecular formula is C9H8F3N3OS. The molecule has 1 unspecified atom stereocenters.